The molecule has 2 amide bonds. The lowest BCUT2D eigenvalue weighted by molar-refractivity contribution is -0.114. The number of carbonyl (C=O) groups excluding carboxylic acids is 2. The van der Waals surface area contributed by atoms with Gasteiger partial charge in [-0.2, -0.15) is 0 Å². The van der Waals surface area contributed by atoms with E-state index in [0.29, 0.717) is 39.5 Å². The largest absolute Gasteiger partial charge is 0.283 e. The van der Waals surface area contributed by atoms with Crippen molar-refractivity contribution in [2.75, 3.05) is 15.6 Å². The molecule has 218 valence electrons. The molecule has 6 rings (SSSR count). The normalized spacial score (nSPS) is 17.4. The van der Waals surface area contributed by atoms with Gasteiger partial charge in [-0.3, -0.25) is 29.4 Å². The van der Waals surface area contributed by atoms with E-state index in [4.69, 9.17) is 9.98 Å². The maximum absolute atomic E-state index is 13.7. The first kappa shape index (κ1) is 29.3. The van der Waals surface area contributed by atoms with Gasteiger partial charge in [0.25, 0.3) is 11.8 Å². The number of aromatic nitrogens is 2. The zero-order chi connectivity index (χ0) is 30.3. The second-order valence-electron chi connectivity index (χ2n) is 9.86. The van der Waals surface area contributed by atoms with E-state index < -0.39 is 0 Å². The summed E-state index contributed by atoms with van der Waals surface area (Å²) >= 11 is 0. The number of nitrogens with zero attached hydrogens (tertiary/aromatic N) is 6. The highest BCUT2D eigenvalue weighted by atomic mass is 33.1. The third-order valence-electron chi connectivity index (χ3n) is 6.95. The van der Waals surface area contributed by atoms with Crippen molar-refractivity contribution in [1.29, 1.82) is 0 Å². The molecule has 2 aliphatic rings. The molecule has 0 bridgehead atoms. The van der Waals surface area contributed by atoms with Crippen molar-refractivity contribution in [3.05, 3.63) is 132 Å². The van der Waals surface area contributed by atoms with Crippen LogP contribution in [0.4, 0.5) is 11.4 Å². The van der Waals surface area contributed by atoms with Crippen LogP contribution in [0, 0.1) is 5.92 Å². The second-order valence-corrected chi connectivity index (χ2v) is 12.2. The summed E-state index contributed by atoms with van der Waals surface area (Å²) in [6, 6.07) is 30.2. The molecule has 0 N–H and O–H groups in total. The number of benzene rings is 2. The van der Waals surface area contributed by atoms with Crippen LogP contribution in [-0.4, -0.2) is 38.5 Å². The molecule has 0 saturated heterocycles. The van der Waals surface area contributed by atoms with Gasteiger partial charge in [-0.05, 0) is 77.9 Å². The summed E-state index contributed by atoms with van der Waals surface area (Å²) in [6.45, 7) is 2.09. The lowest BCUT2D eigenvalue weighted by Gasteiger charge is -2.24. The van der Waals surface area contributed by atoms with Gasteiger partial charge in [-0.15, -0.1) is 0 Å². The quantitative estimate of drug-likeness (QED) is 0.147. The minimum atomic E-state index is -0.206. The zero-order valence-corrected chi connectivity index (χ0v) is 25.5. The average molecular weight is 617 g/mol. The minimum Gasteiger partial charge on any atom is -0.266 e. The predicted octanol–water partition coefficient (Wildman–Crippen LogP) is 7.11. The van der Waals surface area contributed by atoms with Crippen LogP contribution in [0.25, 0.3) is 12.2 Å². The summed E-state index contributed by atoms with van der Waals surface area (Å²) in [6.07, 6.45) is 7.58. The van der Waals surface area contributed by atoms with E-state index in [-0.39, 0.29) is 17.7 Å². The van der Waals surface area contributed by atoms with Crippen LogP contribution in [0.3, 0.4) is 0 Å². The van der Waals surface area contributed by atoms with Crippen LogP contribution in [0.15, 0.2) is 131 Å². The summed E-state index contributed by atoms with van der Waals surface area (Å²) in [5.41, 5.74) is 3.52. The van der Waals surface area contributed by atoms with Gasteiger partial charge in [-0.25, -0.2) is 9.98 Å². The van der Waals surface area contributed by atoms with Crippen molar-refractivity contribution in [3.8, 4) is 0 Å². The molecule has 4 aromatic rings. The Bertz CT molecular complexity index is 1760. The molecule has 1 unspecified atom stereocenters. The summed E-state index contributed by atoms with van der Waals surface area (Å²) in [4.78, 5) is 48.8. The van der Waals surface area contributed by atoms with Crippen molar-refractivity contribution in [3.63, 3.8) is 0 Å². The number of rotatable bonds is 9. The molecule has 0 aliphatic carbocycles. The molecule has 10 heteroatoms. The molecule has 2 aromatic heterocycles. The number of para-hydroxylation sites is 2. The maximum atomic E-state index is 13.7. The number of hydrogen-bond acceptors (Lipinski definition) is 8. The molecule has 0 spiro atoms. The highest BCUT2D eigenvalue weighted by Crippen LogP contribution is 2.37. The lowest BCUT2D eigenvalue weighted by atomic mass is 10.1. The Kier molecular flexibility index (Phi) is 9.09. The van der Waals surface area contributed by atoms with E-state index in [9.17, 15) is 9.59 Å². The molecule has 2 aromatic carbocycles. The molecule has 8 nitrogen and oxygen atoms in total. The predicted molar refractivity (Wildman–Crippen MR) is 181 cm³/mol. The topological polar surface area (TPSA) is 91.1 Å². The monoisotopic (exact) mass is 616 g/mol. The van der Waals surface area contributed by atoms with Gasteiger partial charge < -0.3 is 0 Å². The SMILES string of the molecule is CCC(CSSC1=N/C(=C\c2ccccn2)C(=O)N1c1ccccc1)C1=N/C(=C\c2ccccn2)C(=O)N1c1ccccc1. The third kappa shape index (κ3) is 6.41. The first-order valence-electron chi connectivity index (χ1n) is 14.1. The Morgan fingerprint density at radius 3 is 1.75 bits per heavy atom. The third-order valence-corrected chi connectivity index (χ3v) is 9.24. The summed E-state index contributed by atoms with van der Waals surface area (Å²) in [5, 5.41) is 0.573. The van der Waals surface area contributed by atoms with Crippen LogP contribution in [-0.2, 0) is 9.59 Å². The van der Waals surface area contributed by atoms with Crippen LogP contribution in [0.1, 0.15) is 24.7 Å². The van der Waals surface area contributed by atoms with Gasteiger partial charge in [0.05, 0.1) is 22.8 Å². The Balaban J connectivity index is 1.26. The molecule has 4 heterocycles. The van der Waals surface area contributed by atoms with Crippen molar-refractivity contribution in [2.45, 2.75) is 13.3 Å². The van der Waals surface area contributed by atoms with E-state index in [1.165, 1.54) is 10.8 Å². The molecular formula is C34H28N6O2S2. The number of amidine groups is 2. The van der Waals surface area contributed by atoms with Crippen molar-refractivity contribution in [1.82, 2.24) is 9.97 Å². The molecule has 44 heavy (non-hydrogen) atoms. The number of amides is 2. The molecule has 0 radical (unpaired) electrons. The number of aliphatic imine (C=N–C) groups is 2. The maximum Gasteiger partial charge on any atom is 0.283 e. The van der Waals surface area contributed by atoms with Gasteiger partial charge in [-0.1, -0.05) is 66.2 Å². The highest BCUT2D eigenvalue weighted by molar-refractivity contribution is 8.82. The average Bonchev–Trinajstić information content (AvgIpc) is 3.55. The minimum absolute atomic E-state index is 0.0438. The molecule has 0 saturated carbocycles. The van der Waals surface area contributed by atoms with Gasteiger partial charge in [0.15, 0.2) is 5.17 Å². The fourth-order valence-corrected chi connectivity index (χ4v) is 7.21. The van der Waals surface area contributed by atoms with Crippen molar-refractivity contribution >= 4 is 67.9 Å². The summed E-state index contributed by atoms with van der Waals surface area (Å²) in [5.74, 6) is 0.903. The number of carbonyl (C=O) groups is 2. The molecule has 0 fully saturated rings. The summed E-state index contributed by atoms with van der Waals surface area (Å²) < 4.78 is 0. The van der Waals surface area contributed by atoms with Gasteiger partial charge >= 0.3 is 0 Å². The van der Waals surface area contributed by atoms with Crippen molar-refractivity contribution < 1.29 is 9.59 Å². The first-order valence-corrected chi connectivity index (χ1v) is 16.5. The Labute approximate surface area is 263 Å². The van der Waals surface area contributed by atoms with Gasteiger partial charge in [0.1, 0.15) is 17.2 Å². The van der Waals surface area contributed by atoms with E-state index in [1.807, 2.05) is 97.1 Å². The van der Waals surface area contributed by atoms with Gasteiger partial charge in [0, 0.05) is 24.1 Å². The number of hydrogen-bond donors (Lipinski definition) is 0. The Hall–Kier alpha value is -4.80. The van der Waals surface area contributed by atoms with Crippen LogP contribution < -0.4 is 9.80 Å². The number of pyridine rings is 2. The standard InChI is InChI=1S/C34H28N6O2S2/c1-2-24(31-37-29(21-25-13-9-11-19-35-25)32(41)39(31)27-15-5-3-6-16-27)23-43-44-34-38-30(22-26-14-10-12-20-36-26)33(42)40(34)28-17-7-4-8-18-28/h3-22,24H,2,23H2,1H3/b29-21-,30-22-. The molecule has 1 atom stereocenters. The molecule has 2 aliphatic heterocycles. The van der Waals surface area contributed by atoms with Gasteiger partial charge in [0.2, 0.25) is 0 Å². The number of anilines is 2. The fourth-order valence-electron chi connectivity index (χ4n) is 4.74. The Morgan fingerprint density at radius 1 is 0.682 bits per heavy atom. The van der Waals surface area contributed by atoms with E-state index in [0.717, 1.165) is 17.8 Å². The van der Waals surface area contributed by atoms with E-state index in [2.05, 4.69) is 16.9 Å². The second kappa shape index (κ2) is 13.7. The van der Waals surface area contributed by atoms with E-state index in [1.54, 1.807) is 45.1 Å². The van der Waals surface area contributed by atoms with Crippen LogP contribution >= 0.6 is 21.6 Å². The van der Waals surface area contributed by atoms with Crippen molar-refractivity contribution in [2.24, 2.45) is 15.9 Å². The smallest absolute Gasteiger partial charge is 0.266 e. The first-order chi connectivity index (χ1) is 21.6. The fraction of sp³-hybridized carbons (Fsp3) is 0.118. The van der Waals surface area contributed by atoms with E-state index >= 15 is 0 Å². The summed E-state index contributed by atoms with van der Waals surface area (Å²) in [7, 11) is 3.02. The zero-order valence-electron chi connectivity index (χ0n) is 23.9. The highest BCUT2D eigenvalue weighted by Gasteiger charge is 2.36. The lowest BCUT2D eigenvalue weighted by Crippen LogP contribution is -2.37. The molecular weight excluding hydrogens is 589 g/mol. The Morgan fingerprint density at radius 2 is 1.20 bits per heavy atom. The van der Waals surface area contributed by atoms with Crippen LogP contribution in [0.2, 0.25) is 0 Å². The van der Waals surface area contributed by atoms with Crippen LogP contribution in [0.5, 0.6) is 0 Å².